The number of likely N-dealkylation sites (N-methyl/N-ethyl adjacent to an activating group) is 1. The van der Waals surface area contributed by atoms with E-state index in [1.54, 1.807) is 0 Å². The van der Waals surface area contributed by atoms with E-state index in [4.69, 9.17) is 4.74 Å². The average molecular weight is 186 g/mol. The average Bonchev–Trinajstić information content (AvgIpc) is 2.12. The predicted molar refractivity (Wildman–Crippen MR) is 57.8 cm³/mol. The molecule has 0 saturated heterocycles. The van der Waals surface area contributed by atoms with E-state index in [9.17, 15) is 0 Å². The molecule has 13 heavy (non-hydrogen) atoms. The minimum atomic E-state index is 0.702. The molecule has 2 nitrogen and oxygen atoms in total. The van der Waals surface area contributed by atoms with Gasteiger partial charge < -0.3 is 9.22 Å². The standard InChI is InChI=1S/C11H24NO/c1-6-12(5,7-2)8-9-13-10-11(3)4/h3,6-10H2,1-2,4-5H3/q+1. The van der Waals surface area contributed by atoms with E-state index in [0.717, 1.165) is 23.2 Å². The van der Waals surface area contributed by atoms with Crippen LogP contribution >= 0.6 is 0 Å². The van der Waals surface area contributed by atoms with Crippen molar-refractivity contribution in [2.75, 3.05) is 39.9 Å². The fourth-order valence-electron chi connectivity index (χ4n) is 1.07. The molecule has 0 aliphatic carbocycles. The number of ether oxygens (including phenoxy) is 1. The Hall–Kier alpha value is -0.340. The van der Waals surface area contributed by atoms with E-state index in [1.807, 2.05) is 6.92 Å². The molecule has 0 aromatic carbocycles. The minimum absolute atomic E-state index is 0.702. The summed E-state index contributed by atoms with van der Waals surface area (Å²) in [6.07, 6.45) is 0. The number of hydrogen-bond donors (Lipinski definition) is 0. The smallest absolute Gasteiger partial charge is 0.102 e. The number of rotatable bonds is 7. The first kappa shape index (κ1) is 12.7. The van der Waals surface area contributed by atoms with Crippen LogP contribution in [0, 0.1) is 0 Å². The fourth-order valence-corrected chi connectivity index (χ4v) is 1.07. The first-order valence-corrected chi connectivity index (χ1v) is 5.09. The summed E-state index contributed by atoms with van der Waals surface area (Å²) in [6.45, 7) is 15.2. The van der Waals surface area contributed by atoms with Gasteiger partial charge in [-0.1, -0.05) is 12.2 Å². The molecule has 0 saturated carbocycles. The van der Waals surface area contributed by atoms with Crippen molar-refractivity contribution >= 4 is 0 Å². The van der Waals surface area contributed by atoms with Crippen molar-refractivity contribution in [1.29, 1.82) is 0 Å². The molecule has 0 atom stereocenters. The molecule has 0 bridgehead atoms. The first-order chi connectivity index (χ1) is 6.04. The largest absolute Gasteiger partial charge is 0.371 e. The molecule has 2 heteroatoms. The van der Waals surface area contributed by atoms with Crippen LogP contribution in [0.5, 0.6) is 0 Å². The lowest BCUT2D eigenvalue weighted by Crippen LogP contribution is -2.45. The van der Waals surface area contributed by atoms with Crippen LogP contribution < -0.4 is 0 Å². The summed E-state index contributed by atoms with van der Waals surface area (Å²) in [5.74, 6) is 0. The zero-order chi connectivity index (χ0) is 10.3. The second kappa shape index (κ2) is 6.17. The molecular formula is C11H24NO+. The SMILES string of the molecule is C=C(C)COCC[N+](C)(CC)CC. The molecule has 0 fully saturated rings. The second-order valence-corrected chi connectivity index (χ2v) is 3.99. The van der Waals surface area contributed by atoms with Gasteiger partial charge in [-0.05, 0) is 20.8 Å². The van der Waals surface area contributed by atoms with E-state index in [1.165, 1.54) is 13.1 Å². The van der Waals surface area contributed by atoms with E-state index in [-0.39, 0.29) is 0 Å². The summed E-state index contributed by atoms with van der Waals surface area (Å²) in [6, 6.07) is 0. The highest BCUT2D eigenvalue weighted by Gasteiger charge is 2.15. The number of nitrogens with zero attached hydrogens (tertiary/aromatic N) is 1. The van der Waals surface area contributed by atoms with E-state index >= 15 is 0 Å². The Balaban J connectivity index is 3.55. The fraction of sp³-hybridized carbons (Fsp3) is 0.818. The van der Waals surface area contributed by atoms with Gasteiger partial charge in [0, 0.05) is 0 Å². The molecule has 0 aliphatic heterocycles. The molecule has 0 heterocycles. The quantitative estimate of drug-likeness (QED) is 0.336. The molecule has 78 valence electrons. The summed E-state index contributed by atoms with van der Waals surface area (Å²) in [4.78, 5) is 0. The van der Waals surface area contributed by atoms with Crippen LogP contribution in [0.25, 0.3) is 0 Å². The lowest BCUT2D eigenvalue weighted by atomic mass is 10.4. The van der Waals surface area contributed by atoms with Gasteiger partial charge in [0.1, 0.15) is 6.54 Å². The monoisotopic (exact) mass is 186 g/mol. The van der Waals surface area contributed by atoms with Crippen molar-refractivity contribution in [2.45, 2.75) is 20.8 Å². The van der Waals surface area contributed by atoms with Gasteiger partial charge in [-0.2, -0.15) is 0 Å². The third kappa shape index (κ3) is 5.83. The first-order valence-electron chi connectivity index (χ1n) is 5.09. The highest BCUT2D eigenvalue weighted by atomic mass is 16.5. The maximum Gasteiger partial charge on any atom is 0.102 e. The molecule has 0 spiro atoms. The topological polar surface area (TPSA) is 9.23 Å². The van der Waals surface area contributed by atoms with E-state index in [2.05, 4.69) is 27.5 Å². The summed E-state index contributed by atoms with van der Waals surface area (Å²) in [5, 5.41) is 0. The van der Waals surface area contributed by atoms with Gasteiger partial charge >= 0.3 is 0 Å². The third-order valence-corrected chi connectivity index (χ3v) is 2.65. The zero-order valence-corrected chi connectivity index (χ0v) is 9.60. The maximum atomic E-state index is 5.48. The highest BCUT2D eigenvalue weighted by molar-refractivity contribution is 4.87. The lowest BCUT2D eigenvalue weighted by Gasteiger charge is -2.31. The Morgan fingerprint density at radius 3 is 2.23 bits per heavy atom. The van der Waals surface area contributed by atoms with Crippen LogP contribution in [-0.2, 0) is 4.74 Å². The van der Waals surface area contributed by atoms with Gasteiger partial charge in [0.25, 0.3) is 0 Å². The molecule has 0 amide bonds. The van der Waals surface area contributed by atoms with Gasteiger partial charge in [-0.25, -0.2) is 0 Å². The summed E-state index contributed by atoms with van der Waals surface area (Å²) >= 11 is 0. The Labute approximate surface area is 82.8 Å². The van der Waals surface area contributed by atoms with Crippen molar-refractivity contribution < 1.29 is 9.22 Å². The molecule has 0 radical (unpaired) electrons. The zero-order valence-electron chi connectivity index (χ0n) is 9.60. The summed E-state index contributed by atoms with van der Waals surface area (Å²) in [7, 11) is 2.27. The van der Waals surface area contributed by atoms with E-state index < -0.39 is 0 Å². The van der Waals surface area contributed by atoms with Crippen LogP contribution in [-0.4, -0.2) is 44.4 Å². The minimum Gasteiger partial charge on any atom is -0.371 e. The number of quaternary nitrogens is 1. The number of hydrogen-bond acceptors (Lipinski definition) is 1. The highest BCUT2D eigenvalue weighted by Crippen LogP contribution is 2.00. The Morgan fingerprint density at radius 1 is 1.31 bits per heavy atom. The normalized spacial score (nSPS) is 11.7. The Morgan fingerprint density at radius 2 is 1.85 bits per heavy atom. The molecule has 0 N–H and O–H groups in total. The van der Waals surface area contributed by atoms with Crippen LogP contribution in [0.3, 0.4) is 0 Å². The Bertz CT molecular complexity index is 150. The maximum absolute atomic E-state index is 5.48. The van der Waals surface area contributed by atoms with Gasteiger partial charge in [-0.3, -0.25) is 0 Å². The van der Waals surface area contributed by atoms with Crippen molar-refractivity contribution in [3.05, 3.63) is 12.2 Å². The lowest BCUT2D eigenvalue weighted by molar-refractivity contribution is -0.906. The molecular weight excluding hydrogens is 162 g/mol. The molecule has 0 unspecified atom stereocenters. The van der Waals surface area contributed by atoms with Crippen molar-refractivity contribution in [3.63, 3.8) is 0 Å². The van der Waals surface area contributed by atoms with Gasteiger partial charge in [-0.15, -0.1) is 0 Å². The van der Waals surface area contributed by atoms with Crippen LogP contribution in [0.1, 0.15) is 20.8 Å². The van der Waals surface area contributed by atoms with Gasteiger partial charge in [0.2, 0.25) is 0 Å². The van der Waals surface area contributed by atoms with Gasteiger partial charge in [0.15, 0.2) is 0 Å². The Kier molecular flexibility index (Phi) is 6.00. The predicted octanol–water partition coefficient (Wildman–Crippen LogP) is 2.07. The van der Waals surface area contributed by atoms with Crippen molar-refractivity contribution in [1.82, 2.24) is 0 Å². The summed E-state index contributed by atoms with van der Waals surface area (Å²) < 4.78 is 6.57. The van der Waals surface area contributed by atoms with Crippen LogP contribution in [0.4, 0.5) is 0 Å². The molecule has 0 aliphatic rings. The molecule has 0 aromatic heterocycles. The molecule has 0 aromatic rings. The van der Waals surface area contributed by atoms with Crippen LogP contribution in [0.2, 0.25) is 0 Å². The molecule has 0 rings (SSSR count). The van der Waals surface area contributed by atoms with Gasteiger partial charge in [0.05, 0.1) is 33.4 Å². The van der Waals surface area contributed by atoms with Crippen molar-refractivity contribution in [3.8, 4) is 0 Å². The second-order valence-electron chi connectivity index (χ2n) is 3.99. The third-order valence-electron chi connectivity index (χ3n) is 2.65. The van der Waals surface area contributed by atoms with Crippen molar-refractivity contribution in [2.24, 2.45) is 0 Å². The summed E-state index contributed by atoms with van der Waals surface area (Å²) in [5.41, 5.74) is 1.10. The van der Waals surface area contributed by atoms with Crippen LogP contribution in [0.15, 0.2) is 12.2 Å². The van der Waals surface area contributed by atoms with E-state index in [0.29, 0.717) is 6.61 Å².